The third-order valence-corrected chi connectivity index (χ3v) is 5.76. The average molecular weight is 524 g/mol. The molecule has 1 aromatic heterocycles. The number of benzene rings is 2. The van der Waals surface area contributed by atoms with Gasteiger partial charge < -0.3 is 9.29 Å². The normalized spacial score (nSPS) is 11.3. The molecule has 0 unspecified atom stereocenters. The highest BCUT2D eigenvalue weighted by atomic mass is 32.2. The Hall–Kier alpha value is -3.57. The van der Waals surface area contributed by atoms with E-state index in [4.69, 9.17) is 17.7 Å². The summed E-state index contributed by atoms with van der Waals surface area (Å²) in [5.74, 6) is 0.813. The Kier molecular flexibility index (Phi) is 9.48. The maximum absolute atomic E-state index is 12.6. The van der Waals surface area contributed by atoms with E-state index in [0.29, 0.717) is 17.5 Å². The maximum atomic E-state index is 12.6. The third kappa shape index (κ3) is 7.99. The van der Waals surface area contributed by atoms with Gasteiger partial charge in [0.25, 0.3) is 0 Å². The largest absolute Gasteiger partial charge is 0.741 e. The SMILES string of the molecule is COc1ccc(C(=O)Cc2cccc(CC(=O)c3ccc(C)cc3)[n+]2C)cc1.O=S(=O)([O-])C(F)(F)F. The van der Waals surface area contributed by atoms with Crippen molar-refractivity contribution in [3.05, 3.63) is 94.8 Å². The molecule has 0 aliphatic carbocycles. The second-order valence-electron chi connectivity index (χ2n) is 7.76. The Morgan fingerprint density at radius 2 is 1.25 bits per heavy atom. The van der Waals surface area contributed by atoms with Crippen molar-refractivity contribution in [2.45, 2.75) is 25.3 Å². The summed E-state index contributed by atoms with van der Waals surface area (Å²) in [6, 6.07) is 20.4. The van der Waals surface area contributed by atoms with Crippen LogP contribution in [0.1, 0.15) is 37.7 Å². The van der Waals surface area contributed by atoms with Crippen molar-refractivity contribution >= 4 is 21.7 Å². The Morgan fingerprint density at radius 1 is 0.861 bits per heavy atom. The molecule has 0 N–H and O–H groups in total. The molecule has 36 heavy (non-hydrogen) atoms. The number of ether oxygens (including phenoxy) is 1. The van der Waals surface area contributed by atoms with Gasteiger partial charge in [-0.2, -0.15) is 13.2 Å². The van der Waals surface area contributed by atoms with Gasteiger partial charge in [0.15, 0.2) is 33.1 Å². The zero-order chi connectivity index (χ0) is 27.1. The fourth-order valence-corrected chi connectivity index (χ4v) is 3.08. The van der Waals surface area contributed by atoms with E-state index in [-0.39, 0.29) is 18.0 Å². The highest BCUT2D eigenvalue weighted by Gasteiger charge is 2.36. The number of aromatic nitrogens is 1. The lowest BCUT2D eigenvalue weighted by Gasteiger charge is -2.08. The van der Waals surface area contributed by atoms with Crippen molar-refractivity contribution in [2.75, 3.05) is 7.11 Å². The minimum absolute atomic E-state index is 0.0280. The average Bonchev–Trinajstić information content (AvgIpc) is 2.81. The van der Waals surface area contributed by atoms with Crippen molar-refractivity contribution in [2.24, 2.45) is 7.05 Å². The van der Waals surface area contributed by atoms with Gasteiger partial charge in [-0.1, -0.05) is 29.8 Å². The number of ketones is 2. The standard InChI is InChI=1S/C24H24NO3.CHF3O3S/c1-17-7-9-18(10-8-17)23(26)15-20-5-4-6-21(25(20)2)16-24(27)19-11-13-22(28-3)14-12-19;2-1(3,4)8(5,6)7/h4-14H,15-16H2,1-3H3;(H,5,6,7)/q+1;/p-1. The van der Waals surface area contributed by atoms with Gasteiger partial charge in [0.05, 0.1) is 20.0 Å². The monoisotopic (exact) mass is 523 g/mol. The number of rotatable bonds is 7. The molecule has 0 saturated heterocycles. The van der Waals surface area contributed by atoms with Crippen LogP contribution in [0.5, 0.6) is 5.75 Å². The molecule has 0 atom stereocenters. The number of Topliss-reactive ketones (excluding diaryl/α,β-unsaturated/α-hetero) is 2. The van der Waals surface area contributed by atoms with Gasteiger partial charge in [-0.3, -0.25) is 9.59 Å². The molecule has 11 heteroatoms. The number of carbonyl (C=O) groups excluding carboxylic acids is 2. The van der Waals surface area contributed by atoms with Crippen LogP contribution in [-0.2, 0) is 30.0 Å². The van der Waals surface area contributed by atoms with Crippen LogP contribution in [0.25, 0.3) is 0 Å². The summed E-state index contributed by atoms with van der Waals surface area (Å²) in [6.45, 7) is 2.00. The Balaban J connectivity index is 0.000000493. The van der Waals surface area contributed by atoms with Gasteiger partial charge in [-0.25, -0.2) is 13.0 Å². The summed E-state index contributed by atoms with van der Waals surface area (Å²) in [7, 11) is -2.60. The molecule has 0 bridgehead atoms. The lowest BCUT2D eigenvalue weighted by Crippen LogP contribution is -2.40. The van der Waals surface area contributed by atoms with E-state index in [1.165, 1.54) is 0 Å². The van der Waals surface area contributed by atoms with Crippen LogP contribution in [0.15, 0.2) is 66.7 Å². The summed E-state index contributed by atoms with van der Waals surface area (Å²) in [5, 5.41) is 0. The molecule has 192 valence electrons. The number of pyridine rings is 1. The number of hydrogen-bond donors (Lipinski definition) is 0. The molecular weight excluding hydrogens is 499 g/mol. The summed E-state index contributed by atoms with van der Waals surface area (Å²) < 4.78 is 66.0. The predicted molar refractivity (Wildman–Crippen MR) is 124 cm³/mol. The van der Waals surface area contributed by atoms with Crippen molar-refractivity contribution < 1.29 is 45.0 Å². The number of halogens is 3. The molecule has 7 nitrogen and oxygen atoms in total. The highest BCUT2D eigenvalue weighted by molar-refractivity contribution is 7.86. The molecule has 0 radical (unpaired) electrons. The van der Waals surface area contributed by atoms with Crippen molar-refractivity contribution in [1.29, 1.82) is 0 Å². The first-order chi connectivity index (χ1) is 16.7. The number of nitrogens with zero attached hydrogens (tertiary/aromatic N) is 1. The minimum atomic E-state index is -6.09. The molecule has 3 rings (SSSR count). The van der Waals surface area contributed by atoms with Gasteiger partial charge >= 0.3 is 5.51 Å². The van der Waals surface area contributed by atoms with Gasteiger partial charge in [-0.15, -0.1) is 0 Å². The molecule has 0 aliphatic rings. The lowest BCUT2D eigenvalue weighted by atomic mass is 10.0. The minimum Gasteiger partial charge on any atom is -0.741 e. The topological polar surface area (TPSA) is 104 Å². The van der Waals surface area contributed by atoms with Crippen LogP contribution < -0.4 is 9.30 Å². The molecule has 0 aliphatic heterocycles. The van der Waals surface area contributed by atoms with E-state index in [2.05, 4.69) is 0 Å². The van der Waals surface area contributed by atoms with Crippen molar-refractivity contribution in [1.82, 2.24) is 0 Å². The molecule has 0 saturated carbocycles. The van der Waals surface area contributed by atoms with Crippen LogP contribution in [0.4, 0.5) is 13.2 Å². The zero-order valence-corrected chi connectivity index (χ0v) is 20.5. The van der Waals surface area contributed by atoms with Crippen LogP contribution in [-0.4, -0.2) is 37.2 Å². The Morgan fingerprint density at radius 3 is 1.61 bits per heavy atom. The summed E-state index contributed by atoms with van der Waals surface area (Å²) in [4.78, 5) is 25.2. The smallest absolute Gasteiger partial charge is 0.485 e. The van der Waals surface area contributed by atoms with E-state index in [1.807, 2.05) is 61.0 Å². The van der Waals surface area contributed by atoms with Gasteiger partial charge in [0.1, 0.15) is 12.8 Å². The number of aryl methyl sites for hydroxylation is 1. The number of alkyl halides is 3. The Bertz CT molecular complexity index is 1320. The van der Waals surface area contributed by atoms with Gasteiger partial charge in [0.2, 0.25) is 0 Å². The highest BCUT2D eigenvalue weighted by Crippen LogP contribution is 2.20. The maximum Gasteiger partial charge on any atom is 0.485 e. The molecule has 0 amide bonds. The number of hydrogen-bond acceptors (Lipinski definition) is 6. The van der Waals surface area contributed by atoms with Gasteiger partial charge in [-0.05, 0) is 37.3 Å². The molecule has 3 aromatic rings. The summed E-state index contributed by atoms with van der Waals surface area (Å²) in [6.07, 6.45) is 0.569. The first kappa shape index (κ1) is 28.7. The molecule has 2 aromatic carbocycles. The van der Waals surface area contributed by atoms with E-state index >= 15 is 0 Å². The fraction of sp³-hybridized carbons (Fsp3) is 0.240. The molecular formula is C25H24F3NO6S. The van der Waals surface area contributed by atoms with Crippen molar-refractivity contribution in [3.63, 3.8) is 0 Å². The fourth-order valence-electron chi connectivity index (χ4n) is 3.08. The summed E-state index contributed by atoms with van der Waals surface area (Å²) >= 11 is 0. The second kappa shape index (κ2) is 11.9. The van der Waals surface area contributed by atoms with Crippen molar-refractivity contribution in [3.8, 4) is 5.75 Å². The Labute approximate surface area is 206 Å². The van der Waals surface area contributed by atoms with E-state index in [9.17, 15) is 22.8 Å². The number of methoxy groups -OCH3 is 1. The number of carbonyl (C=O) groups is 2. The molecule has 1 heterocycles. The third-order valence-electron chi connectivity index (χ3n) is 5.19. The lowest BCUT2D eigenvalue weighted by molar-refractivity contribution is -0.685. The van der Waals surface area contributed by atoms with Crippen LogP contribution >= 0.6 is 0 Å². The first-order valence-electron chi connectivity index (χ1n) is 10.5. The molecule has 0 fully saturated rings. The molecule has 0 spiro atoms. The van der Waals surface area contributed by atoms with E-state index in [1.54, 1.807) is 31.4 Å². The van der Waals surface area contributed by atoms with Gasteiger partial charge in [0, 0.05) is 23.3 Å². The second-order valence-corrected chi connectivity index (χ2v) is 9.13. The van der Waals surface area contributed by atoms with Crippen LogP contribution in [0.3, 0.4) is 0 Å². The van der Waals surface area contributed by atoms with E-state index in [0.717, 1.165) is 22.7 Å². The van der Waals surface area contributed by atoms with Crippen LogP contribution in [0.2, 0.25) is 0 Å². The quantitative estimate of drug-likeness (QED) is 0.202. The zero-order valence-electron chi connectivity index (χ0n) is 19.7. The first-order valence-corrected chi connectivity index (χ1v) is 11.9. The van der Waals surface area contributed by atoms with E-state index < -0.39 is 15.6 Å². The van der Waals surface area contributed by atoms with Crippen LogP contribution in [0, 0.1) is 6.92 Å². The predicted octanol–water partition coefficient (Wildman–Crippen LogP) is 3.73. The summed E-state index contributed by atoms with van der Waals surface area (Å²) in [5.41, 5.74) is -1.43.